The Morgan fingerprint density at radius 1 is 1.16 bits per heavy atom. The highest BCUT2D eigenvalue weighted by Gasteiger charge is 2.51. The summed E-state index contributed by atoms with van der Waals surface area (Å²) >= 11 is 1.52. The molecule has 4 rings (SSSR count). The van der Waals surface area contributed by atoms with Crippen LogP contribution in [0.2, 0.25) is 0 Å². The zero-order valence-electron chi connectivity index (χ0n) is 18.6. The number of hydrogen-bond acceptors (Lipinski definition) is 5. The number of anilines is 1. The number of thioether (sulfide) groups is 1. The zero-order chi connectivity index (χ0) is 22.9. The first-order valence-electron chi connectivity index (χ1n) is 11.2. The number of imide groups is 1. The molecule has 1 atom stereocenters. The number of nitrogens with one attached hydrogen (secondary N) is 2. The van der Waals surface area contributed by atoms with E-state index >= 15 is 0 Å². The third-order valence-electron chi connectivity index (χ3n) is 6.78. The second-order valence-corrected chi connectivity index (χ2v) is 9.95. The Bertz CT molecular complexity index is 944. The van der Waals surface area contributed by atoms with Gasteiger partial charge in [0.15, 0.2) is 0 Å². The van der Waals surface area contributed by atoms with E-state index in [1.54, 1.807) is 4.90 Å². The molecule has 3 aliphatic rings. The number of amides is 5. The van der Waals surface area contributed by atoms with Crippen LogP contribution in [0.1, 0.15) is 49.7 Å². The van der Waals surface area contributed by atoms with Crippen LogP contribution in [0.5, 0.6) is 0 Å². The van der Waals surface area contributed by atoms with Crippen molar-refractivity contribution in [2.45, 2.75) is 64.0 Å². The van der Waals surface area contributed by atoms with Crippen LogP contribution in [0.25, 0.3) is 0 Å². The maximum atomic E-state index is 12.9. The molecule has 1 aromatic rings. The molecule has 32 heavy (non-hydrogen) atoms. The second kappa shape index (κ2) is 9.13. The maximum Gasteiger partial charge on any atom is 0.325 e. The van der Waals surface area contributed by atoms with Crippen molar-refractivity contribution in [3.05, 3.63) is 29.3 Å². The van der Waals surface area contributed by atoms with Crippen molar-refractivity contribution >= 4 is 41.2 Å². The van der Waals surface area contributed by atoms with Crippen LogP contribution in [-0.2, 0) is 14.4 Å². The fourth-order valence-electron chi connectivity index (χ4n) is 4.67. The van der Waals surface area contributed by atoms with E-state index in [0.29, 0.717) is 30.2 Å². The van der Waals surface area contributed by atoms with Gasteiger partial charge in [-0.3, -0.25) is 19.3 Å². The van der Waals surface area contributed by atoms with E-state index < -0.39 is 17.6 Å². The molecule has 172 valence electrons. The van der Waals surface area contributed by atoms with Gasteiger partial charge in [-0.1, -0.05) is 25.3 Å². The molecule has 1 unspecified atom stereocenters. The molecule has 8 nitrogen and oxygen atoms in total. The number of rotatable bonds is 5. The van der Waals surface area contributed by atoms with Crippen molar-refractivity contribution in [3.8, 4) is 0 Å². The molecule has 2 heterocycles. The largest absolute Gasteiger partial charge is 0.325 e. The summed E-state index contributed by atoms with van der Waals surface area (Å²) < 4.78 is 0. The lowest BCUT2D eigenvalue weighted by molar-refractivity contribution is -0.137. The van der Waals surface area contributed by atoms with Gasteiger partial charge in [-0.05, 0) is 49.9 Å². The Morgan fingerprint density at radius 3 is 2.62 bits per heavy atom. The van der Waals surface area contributed by atoms with Crippen molar-refractivity contribution in [3.63, 3.8) is 0 Å². The van der Waals surface area contributed by atoms with Crippen LogP contribution >= 0.6 is 11.8 Å². The van der Waals surface area contributed by atoms with Crippen molar-refractivity contribution < 1.29 is 19.2 Å². The van der Waals surface area contributed by atoms with Gasteiger partial charge in [0.25, 0.3) is 5.91 Å². The fourth-order valence-corrected chi connectivity index (χ4v) is 5.86. The average Bonchev–Trinajstić information content (AvgIpc) is 3.34. The summed E-state index contributed by atoms with van der Waals surface area (Å²) in [4.78, 5) is 53.8. The van der Waals surface area contributed by atoms with Gasteiger partial charge in [-0.25, -0.2) is 4.79 Å². The minimum absolute atomic E-state index is 0.0171. The molecular formula is C23H30N4O4S. The summed E-state index contributed by atoms with van der Waals surface area (Å²) in [6, 6.07) is 4.74. The van der Waals surface area contributed by atoms with E-state index in [0.717, 1.165) is 30.4 Å². The van der Waals surface area contributed by atoms with Gasteiger partial charge in [-0.2, -0.15) is 0 Å². The number of hydrogen-bond donors (Lipinski definition) is 2. The summed E-state index contributed by atoms with van der Waals surface area (Å²) in [5.41, 5.74) is 2.16. The standard InChI is InChI=1S/C23H30N4O4S/c1-15-6-7-17(12-16(15)2)24-20(29)18-13-32-14-27(18)19(28)8-11-26-21(30)23(25-22(26)31)9-4-3-5-10-23/h6-7,12,18H,3-5,8-11,13-14H2,1-2H3,(H,24,29)(H,25,31). The van der Waals surface area contributed by atoms with E-state index in [4.69, 9.17) is 0 Å². The van der Waals surface area contributed by atoms with Crippen LogP contribution in [0, 0.1) is 13.8 Å². The van der Waals surface area contributed by atoms with Crippen LogP contribution in [0.15, 0.2) is 18.2 Å². The maximum absolute atomic E-state index is 12.9. The monoisotopic (exact) mass is 458 g/mol. The molecule has 0 radical (unpaired) electrons. The quantitative estimate of drug-likeness (QED) is 0.661. The minimum atomic E-state index is -0.781. The Kier molecular flexibility index (Phi) is 6.46. The fraction of sp³-hybridized carbons (Fsp3) is 0.565. The molecule has 2 N–H and O–H groups in total. The van der Waals surface area contributed by atoms with Crippen molar-refractivity contribution in [2.75, 3.05) is 23.5 Å². The molecule has 0 aromatic heterocycles. The Morgan fingerprint density at radius 2 is 1.91 bits per heavy atom. The van der Waals surface area contributed by atoms with Crippen molar-refractivity contribution in [2.24, 2.45) is 0 Å². The van der Waals surface area contributed by atoms with E-state index in [-0.39, 0.29) is 30.7 Å². The summed E-state index contributed by atoms with van der Waals surface area (Å²) in [5, 5.41) is 5.78. The van der Waals surface area contributed by atoms with Gasteiger partial charge in [0, 0.05) is 24.4 Å². The van der Waals surface area contributed by atoms with E-state index in [2.05, 4.69) is 10.6 Å². The van der Waals surface area contributed by atoms with E-state index in [1.165, 1.54) is 16.7 Å². The van der Waals surface area contributed by atoms with Crippen LogP contribution < -0.4 is 10.6 Å². The molecule has 1 aliphatic carbocycles. The first kappa shape index (κ1) is 22.6. The molecule has 5 amide bonds. The van der Waals surface area contributed by atoms with Crippen LogP contribution in [0.4, 0.5) is 10.5 Å². The SMILES string of the molecule is Cc1ccc(NC(=O)C2CSCN2C(=O)CCN2C(=O)NC3(CCCCC3)C2=O)cc1C. The highest BCUT2D eigenvalue weighted by molar-refractivity contribution is 7.99. The third-order valence-corrected chi connectivity index (χ3v) is 7.79. The molecular weight excluding hydrogens is 428 g/mol. The first-order valence-corrected chi connectivity index (χ1v) is 12.4. The van der Waals surface area contributed by atoms with Gasteiger partial charge in [0.05, 0.1) is 5.88 Å². The van der Waals surface area contributed by atoms with Crippen LogP contribution in [-0.4, -0.2) is 63.3 Å². The third kappa shape index (κ3) is 4.35. The second-order valence-electron chi connectivity index (χ2n) is 8.95. The minimum Gasteiger partial charge on any atom is -0.324 e. The number of urea groups is 1. The topological polar surface area (TPSA) is 98.8 Å². The van der Waals surface area contributed by atoms with Crippen LogP contribution in [0.3, 0.4) is 0 Å². The van der Waals surface area contributed by atoms with Gasteiger partial charge in [0.2, 0.25) is 11.8 Å². The normalized spacial score (nSPS) is 22.4. The molecule has 1 saturated carbocycles. The van der Waals surface area contributed by atoms with E-state index in [9.17, 15) is 19.2 Å². The van der Waals surface area contributed by atoms with Crippen molar-refractivity contribution in [1.82, 2.24) is 15.1 Å². The molecule has 3 fully saturated rings. The van der Waals surface area contributed by atoms with Gasteiger partial charge in [0.1, 0.15) is 11.6 Å². The number of benzene rings is 1. The summed E-state index contributed by atoms with van der Waals surface area (Å²) in [7, 11) is 0. The molecule has 2 saturated heterocycles. The molecule has 1 spiro atoms. The molecule has 9 heteroatoms. The summed E-state index contributed by atoms with van der Waals surface area (Å²) in [6.07, 6.45) is 4.24. The molecule has 1 aromatic carbocycles. The van der Waals surface area contributed by atoms with Gasteiger partial charge < -0.3 is 15.5 Å². The highest BCUT2D eigenvalue weighted by Crippen LogP contribution is 2.34. The number of nitrogens with zero attached hydrogens (tertiary/aromatic N) is 2. The smallest absolute Gasteiger partial charge is 0.324 e. The lowest BCUT2D eigenvalue weighted by Gasteiger charge is -2.30. The Balaban J connectivity index is 1.35. The molecule has 0 bridgehead atoms. The van der Waals surface area contributed by atoms with Gasteiger partial charge >= 0.3 is 6.03 Å². The summed E-state index contributed by atoms with van der Waals surface area (Å²) in [6.45, 7) is 4.04. The number of carbonyl (C=O) groups excluding carboxylic acids is 4. The molecule has 2 aliphatic heterocycles. The number of carbonyl (C=O) groups is 4. The predicted octanol–water partition coefficient (Wildman–Crippen LogP) is 2.79. The highest BCUT2D eigenvalue weighted by atomic mass is 32.2. The Hall–Kier alpha value is -2.55. The van der Waals surface area contributed by atoms with E-state index in [1.807, 2.05) is 32.0 Å². The Labute approximate surface area is 192 Å². The zero-order valence-corrected chi connectivity index (χ0v) is 19.4. The van der Waals surface area contributed by atoms with Gasteiger partial charge in [-0.15, -0.1) is 11.8 Å². The lowest BCUT2D eigenvalue weighted by atomic mass is 9.82. The number of aryl methyl sites for hydroxylation is 2. The summed E-state index contributed by atoms with van der Waals surface area (Å²) in [5.74, 6) is 0.292. The first-order chi connectivity index (χ1) is 15.3. The predicted molar refractivity (Wildman–Crippen MR) is 123 cm³/mol. The lowest BCUT2D eigenvalue weighted by Crippen LogP contribution is -2.48. The average molecular weight is 459 g/mol. The van der Waals surface area contributed by atoms with Crippen molar-refractivity contribution in [1.29, 1.82) is 0 Å².